The van der Waals surface area contributed by atoms with Crippen LogP contribution in [0.5, 0.6) is 11.5 Å². The number of halogens is 4. The van der Waals surface area contributed by atoms with Crippen LogP contribution < -0.4 is 0 Å². The van der Waals surface area contributed by atoms with Gasteiger partial charge in [-0.3, -0.25) is 0 Å². The van der Waals surface area contributed by atoms with E-state index in [1.165, 1.54) is 0 Å². The maximum absolute atomic E-state index is 10.6. The number of fused-ring (bicyclic) bond motifs is 8. The number of hydrogen-bond donors (Lipinski definition) is 4. The smallest absolute Gasteiger partial charge is 0.116 e. The average Bonchev–Trinajstić information content (AvgIpc) is 3.98. The molecule has 10 heteroatoms. The fourth-order valence-corrected chi connectivity index (χ4v) is 8.31. The first-order chi connectivity index (χ1) is 26.2. The van der Waals surface area contributed by atoms with Crippen LogP contribution in [0.1, 0.15) is 22.8 Å². The fraction of sp³-hybridized carbons (Fsp3) is 0. The number of phenols is 2. The Kier molecular flexibility index (Phi) is 8.56. The molecular formula is C44H26Cl4N4O2. The number of hydrogen-bond acceptors (Lipinski definition) is 4. The van der Waals surface area contributed by atoms with E-state index in [2.05, 4.69) is 9.97 Å². The maximum Gasteiger partial charge on any atom is 0.116 e. The Bertz CT molecular complexity index is 2690. The highest BCUT2D eigenvalue weighted by Crippen LogP contribution is 2.44. The molecule has 262 valence electrons. The van der Waals surface area contributed by atoms with E-state index in [9.17, 15) is 10.2 Å². The van der Waals surface area contributed by atoms with E-state index in [1.54, 1.807) is 72.8 Å². The standard InChI is InChI=1S/C44H26Cl4N4O2/c45-27-9-3-10-28(46)41(27)43-35-17-13-31(49-35)39(23-5-1-7-25(53)21-23)32-14-18-36(50-32)44(42-29(47)11-4-12-30(42)48)38-20-16-34(52-38)40(33-15-19-37(43)51-33)24-6-2-8-26(54)22-24/h1-22,49,52-54H. The number of H-pyrrole nitrogens is 2. The van der Waals surface area contributed by atoms with Crippen molar-refractivity contribution in [3.8, 4) is 56.0 Å². The van der Waals surface area contributed by atoms with Gasteiger partial charge in [-0.25, -0.2) is 9.97 Å². The lowest BCUT2D eigenvalue weighted by molar-refractivity contribution is 0.475. The van der Waals surface area contributed by atoms with Crippen molar-refractivity contribution in [1.29, 1.82) is 0 Å². The summed E-state index contributed by atoms with van der Waals surface area (Å²) in [5.41, 5.74) is 11.0. The second-order valence-electron chi connectivity index (χ2n) is 12.8. The summed E-state index contributed by atoms with van der Waals surface area (Å²) in [5.74, 6) is 0.226. The fourth-order valence-electron chi connectivity index (χ4n) is 7.14. The van der Waals surface area contributed by atoms with Gasteiger partial charge >= 0.3 is 0 Å². The van der Waals surface area contributed by atoms with Crippen molar-refractivity contribution in [3.63, 3.8) is 0 Å². The van der Waals surface area contributed by atoms with Gasteiger partial charge in [-0.2, -0.15) is 0 Å². The van der Waals surface area contributed by atoms with Crippen LogP contribution in [0.4, 0.5) is 0 Å². The normalized spacial score (nSPS) is 12.1. The molecule has 54 heavy (non-hydrogen) atoms. The van der Waals surface area contributed by atoms with Crippen molar-refractivity contribution in [2.75, 3.05) is 0 Å². The molecule has 4 aromatic carbocycles. The third kappa shape index (κ3) is 5.94. The zero-order chi connectivity index (χ0) is 37.1. The van der Waals surface area contributed by atoms with Crippen molar-refractivity contribution in [2.24, 2.45) is 0 Å². The van der Waals surface area contributed by atoms with E-state index in [1.807, 2.05) is 60.7 Å². The minimum absolute atomic E-state index is 0.113. The average molecular weight is 785 g/mol. The zero-order valence-corrected chi connectivity index (χ0v) is 31.0. The number of nitrogens with zero attached hydrogens (tertiary/aromatic N) is 2. The molecule has 0 unspecified atom stereocenters. The highest BCUT2D eigenvalue weighted by molar-refractivity contribution is 6.40. The number of nitrogens with one attached hydrogen (secondary N) is 2. The largest absolute Gasteiger partial charge is 0.508 e. The molecule has 3 aromatic heterocycles. The van der Waals surface area contributed by atoms with E-state index in [-0.39, 0.29) is 11.5 Å². The molecule has 0 fully saturated rings. The topological polar surface area (TPSA) is 97.8 Å². The first-order valence-electron chi connectivity index (χ1n) is 16.9. The first kappa shape index (κ1) is 34.0. The third-order valence-corrected chi connectivity index (χ3v) is 10.7. The predicted molar refractivity (Wildman–Crippen MR) is 224 cm³/mol. The summed E-state index contributed by atoms with van der Waals surface area (Å²) in [6.45, 7) is 0. The molecule has 0 atom stereocenters. The summed E-state index contributed by atoms with van der Waals surface area (Å²) in [5, 5.41) is 23.1. The zero-order valence-electron chi connectivity index (χ0n) is 28.0. The van der Waals surface area contributed by atoms with Crippen molar-refractivity contribution < 1.29 is 10.2 Å². The molecule has 2 aliphatic rings. The lowest BCUT2D eigenvalue weighted by atomic mass is 10.0. The van der Waals surface area contributed by atoms with Crippen LogP contribution in [0.25, 0.3) is 90.9 Å². The molecule has 7 aromatic rings. The Morgan fingerprint density at radius 3 is 1.04 bits per heavy atom. The summed E-state index contributed by atoms with van der Waals surface area (Å²) in [7, 11) is 0. The van der Waals surface area contributed by atoms with Gasteiger partial charge in [0.15, 0.2) is 0 Å². The van der Waals surface area contributed by atoms with Crippen LogP contribution in [0.2, 0.25) is 20.1 Å². The Morgan fingerprint density at radius 1 is 0.370 bits per heavy atom. The molecule has 4 N–H and O–H groups in total. The quantitative estimate of drug-likeness (QED) is 0.143. The minimum Gasteiger partial charge on any atom is -0.508 e. The molecule has 0 amide bonds. The van der Waals surface area contributed by atoms with E-state index in [0.29, 0.717) is 76.2 Å². The second-order valence-corrected chi connectivity index (χ2v) is 14.4. The van der Waals surface area contributed by atoms with Gasteiger partial charge in [0, 0.05) is 55.4 Å². The number of benzene rings is 4. The molecule has 8 bridgehead atoms. The lowest BCUT2D eigenvalue weighted by Crippen LogP contribution is -1.91. The maximum atomic E-state index is 10.6. The minimum atomic E-state index is 0.113. The van der Waals surface area contributed by atoms with Crippen molar-refractivity contribution >= 4 is 92.8 Å². The summed E-state index contributed by atoms with van der Waals surface area (Å²) < 4.78 is 0. The molecule has 2 aliphatic heterocycles. The molecule has 0 saturated heterocycles. The van der Waals surface area contributed by atoms with Crippen molar-refractivity contribution in [2.45, 2.75) is 0 Å². The van der Waals surface area contributed by atoms with Crippen molar-refractivity contribution in [1.82, 2.24) is 19.9 Å². The van der Waals surface area contributed by atoms with E-state index in [0.717, 1.165) is 33.3 Å². The van der Waals surface area contributed by atoms with Gasteiger partial charge in [-0.15, -0.1) is 0 Å². The molecular weight excluding hydrogens is 758 g/mol. The van der Waals surface area contributed by atoms with Gasteiger partial charge in [0.25, 0.3) is 0 Å². The van der Waals surface area contributed by atoms with Crippen LogP contribution in [-0.4, -0.2) is 30.1 Å². The Hall–Kier alpha value is -5.76. The highest BCUT2D eigenvalue weighted by Gasteiger charge is 2.22. The van der Waals surface area contributed by atoms with Gasteiger partial charge < -0.3 is 20.2 Å². The molecule has 0 saturated carbocycles. The molecule has 9 rings (SSSR count). The Morgan fingerprint density at radius 2 is 0.685 bits per heavy atom. The molecule has 5 heterocycles. The van der Waals surface area contributed by atoms with E-state index in [4.69, 9.17) is 56.4 Å². The van der Waals surface area contributed by atoms with Crippen LogP contribution in [0.3, 0.4) is 0 Å². The van der Waals surface area contributed by atoms with Crippen molar-refractivity contribution in [3.05, 3.63) is 152 Å². The summed E-state index contributed by atoms with van der Waals surface area (Å²) in [4.78, 5) is 17.7. The monoisotopic (exact) mass is 782 g/mol. The first-order valence-corrected chi connectivity index (χ1v) is 18.4. The van der Waals surface area contributed by atoms with Gasteiger partial charge in [0.1, 0.15) is 11.5 Å². The van der Waals surface area contributed by atoms with Crippen LogP contribution in [0.15, 0.2) is 109 Å². The molecule has 6 nitrogen and oxygen atoms in total. The second kappa shape index (κ2) is 13.6. The van der Waals surface area contributed by atoms with Crippen LogP contribution in [0, 0.1) is 0 Å². The highest BCUT2D eigenvalue weighted by atomic mass is 35.5. The number of aromatic nitrogens is 4. The number of phenolic OH excluding ortho intramolecular Hbond substituents is 2. The van der Waals surface area contributed by atoms with E-state index < -0.39 is 0 Å². The SMILES string of the molecule is Oc1cccc(-c2c3nc(c(-c4c(Cl)cccc4Cl)c4ccc([nH]4)c(-c4cccc(O)c4)c4nc(c(-c5c(Cl)cccc5Cl)c5ccc2[nH]5)C=C4)C=C3)c1. The molecule has 0 radical (unpaired) electrons. The Labute approximate surface area is 329 Å². The Balaban J connectivity index is 1.52. The molecule has 0 aliphatic carbocycles. The summed E-state index contributed by atoms with van der Waals surface area (Å²) in [6.07, 6.45) is 7.74. The number of aromatic amines is 2. The van der Waals surface area contributed by atoms with Gasteiger partial charge in [-0.1, -0.05) is 82.8 Å². The van der Waals surface area contributed by atoms with Gasteiger partial charge in [0.05, 0.1) is 42.9 Å². The lowest BCUT2D eigenvalue weighted by Gasteiger charge is -2.10. The third-order valence-electron chi connectivity index (χ3n) is 9.45. The van der Waals surface area contributed by atoms with Crippen LogP contribution >= 0.6 is 46.4 Å². The number of aromatic hydroxyl groups is 2. The molecule has 0 spiro atoms. The number of rotatable bonds is 4. The van der Waals surface area contributed by atoms with E-state index >= 15 is 0 Å². The van der Waals surface area contributed by atoms with Crippen LogP contribution in [-0.2, 0) is 0 Å². The summed E-state index contributed by atoms with van der Waals surface area (Å²) in [6, 6.07) is 32.8. The predicted octanol–water partition coefficient (Wildman–Crippen LogP) is 13.3. The summed E-state index contributed by atoms with van der Waals surface area (Å²) >= 11 is 27.7. The van der Waals surface area contributed by atoms with Gasteiger partial charge in [0.2, 0.25) is 0 Å². The van der Waals surface area contributed by atoms with Gasteiger partial charge in [-0.05, 0) is 108 Å².